The van der Waals surface area contributed by atoms with Crippen molar-refractivity contribution in [3.8, 4) is 0 Å². The summed E-state index contributed by atoms with van der Waals surface area (Å²) in [5, 5.41) is 0. The maximum atomic E-state index is 12.9. The SMILES string of the molecule is CCC=C/C(C)=C(F)\C=C(/C)F. The van der Waals surface area contributed by atoms with E-state index < -0.39 is 11.7 Å². The maximum Gasteiger partial charge on any atom is 0.128 e. The van der Waals surface area contributed by atoms with E-state index in [1.807, 2.05) is 13.0 Å². The molecular formula is C10H14F2. The summed E-state index contributed by atoms with van der Waals surface area (Å²) < 4.78 is 25.1. The van der Waals surface area contributed by atoms with Crippen molar-refractivity contribution >= 4 is 0 Å². The second-order valence-corrected chi connectivity index (χ2v) is 2.57. The molecule has 0 saturated heterocycles. The molecule has 0 heterocycles. The summed E-state index contributed by atoms with van der Waals surface area (Å²) in [5.74, 6) is -1.03. The average Bonchev–Trinajstić information content (AvgIpc) is 1.98. The van der Waals surface area contributed by atoms with Gasteiger partial charge in [0.2, 0.25) is 0 Å². The molecule has 0 N–H and O–H groups in total. The summed E-state index contributed by atoms with van der Waals surface area (Å²) in [6, 6.07) is 0. The first kappa shape index (κ1) is 11.1. The first-order valence-electron chi connectivity index (χ1n) is 3.94. The minimum Gasteiger partial charge on any atom is -0.212 e. The van der Waals surface area contributed by atoms with Crippen LogP contribution >= 0.6 is 0 Å². The summed E-state index contributed by atoms with van der Waals surface area (Å²) in [6.07, 6.45) is 5.21. The first-order chi connectivity index (χ1) is 5.57. The van der Waals surface area contributed by atoms with Crippen molar-refractivity contribution in [1.82, 2.24) is 0 Å². The van der Waals surface area contributed by atoms with Crippen LogP contribution in [-0.4, -0.2) is 0 Å². The van der Waals surface area contributed by atoms with Gasteiger partial charge in [0.1, 0.15) is 5.83 Å². The lowest BCUT2D eigenvalue weighted by molar-refractivity contribution is 0.611. The summed E-state index contributed by atoms with van der Waals surface area (Å²) in [6.45, 7) is 4.79. The van der Waals surface area contributed by atoms with Crippen molar-refractivity contribution < 1.29 is 8.78 Å². The maximum absolute atomic E-state index is 12.9. The predicted molar refractivity (Wildman–Crippen MR) is 48.1 cm³/mol. The molecule has 0 spiro atoms. The number of hydrogen-bond donors (Lipinski definition) is 0. The van der Waals surface area contributed by atoms with Crippen LogP contribution in [0.4, 0.5) is 8.78 Å². The van der Waals surface area contributed by atoms with Gasteiger partial charge in [0.15, 0.2) is 0 Å². The Hall–Kier alpha value is -0.920. The summed E-state index contributed by atoms with van der Waals surface area (Å²) in [5.41, 5.74) is 0.453. The Kier molecular flexibility index (Phi) is 5.26. The van der Waals surface area contributed by atoms with E-state index in [2.05, 4.69) is 0 Å². The monoisotopic (exact) mass is 172 g/mol. The highest BCUT2D eigenvalue weighted by molar-refractivity contribution is 5.27. The molecule has 0 aromatic heterocycles. The third-order valence-electron chi connectivity index (χ3n) is 1.31. The molecule has 0 aliphatic carbocycles. The van der Waals surface area contributed by atoms with Crippen molar-refractivity contribution in [1.29, 1.82) is 0 Å². The molecule has 0 rings (SSSR count). The first-order valence-corrected chi connectivity index (χ1v) is 3.94. The van der Waals surface area contributed by atoms with Crippen LogP contribution < -0.4 is 0 Å². The van der Waals surface area contributed by atoms with Gasteiger partial charge in [-0.3, -0.25) is 0 Å². The van der Waals surface area contributed by atoms with Crippen LogP contribution in [0.15, 0.2) is 35.5 Å². The van der Waals surface area contributed by atoms with Crippen LogP contribution in [0, 0.1) is 0 Å². The molecule has 12 heavy (non-hydrogen) atoms. The van der Waals surface area contributed by atoms with Gasteiger partial charge in [-0.15, -0.1) is 0 Å². The van der Waals surface area contributed by atoms with Crippen LogP contribution in [0.25, 0.3) is 0 Å². The van der Waals surface area contributed by atoms with E-state index in [1.165, 1.54) is 6.92 Å². The highest BCUT2D eigenvalue weighted by atomic mass is 19.1. The molecule has 0 aliphatic rings. The second kappa shape index (κ2) is 5.70. The zero-order valence-electron chi connectivity index (χ0n) is 7.70. The third-order valence-corrected chi connectivity index (χ3v) is 1.31. The van der Waals surface area contributed by atoms with E-state index >= 15 is 0 Å². The normalized spacial score (nSPS) is 15.2. The summed E-state index contributed by atoms with van der Waals surface area (Å²) in [7, 11) is 0. The van der Waals surface area contributed by atoms with Gasteiger partial charge in [-0.2, -0.15) is 0 Å². The highest BCUT2D eigenvalue weighted by Crippen LogP contribution is 2.11. The fourth-order valence-corrected chi connectivity index (χ4v) is 0.663. The fraction of sp³-hybridized carbons (Fsp3) is 0.400. The largest absolute Gasteiger partial charge is 0.212 e. The standard InChI is InChI=1S/C10H14F2/c1-4-5-6-8(2)10(12)7-9(3)11/h5-7H,4H2,1-3H3/b6-5?,9-7+,10-8+. The Balaban J connectivity index is 4.47. The number of rotatable bonds is 3. The molecule has 0 nitrogen and oxygen atoms in total. The van der Waals surface area contributed by atoms with Crippen molar-refractivity contribution in [3.05, 3.63) is 35.5 Å². The lowest BCUT2D eigenvalue weighted by Crippen LogP contribution is -1.75. The van der Waals surface area contributed by atoms with E-state index in [0.29, 0.717) is 5.57 Å². The molecule has 0 aromatic carbocycles. The summed E-state index contributed by atoms with van der Waals surface area (Å²) in [4.78, 5) is 0. The van der Waals surface area contributed by atoms with Gasteiger partial charge in [0.05, 0.1) is 5.83 Å². The molecule has 2 heteroatoms. The van der Waals surface area contributed by atoms with E-state index in [4.69, 9.17) is 0 Å². The molecule has 0 saturated carbocycles. The third kappa shape index (κ3) is 4.83. The van der Waals surface area contributed by atoms with Crippen molar-refractivity contribution in [3.63, 3.8) is 0 Å². The van der Waals surface area contributed by atoms with E-state index in [0.717, 1.165) is 12.5 Å². The smallest absolute Gasteiger partial charge is 0.128 e. The topological polar surface area (TPSA) is 0 Å². The van der Waals surface area contributed by atoms with Gasteiger partial charge in [0.25, 0.3) is 0 Å². The van der Waals surface area contributed by atoms with Crippen LogP contribution in [0.2, 0.25) is 0 Å². The Morgan fingerprint density at radius 1 is 1.25 bits per heavy atom. The Morgan fingerprint density at radius 2 is 1.83 bits per heavy atom. The quantitative estimate of drug-likeness (QED) is 0.563. The van der Waals surface area contributed by atoms with Crippen molar-refractivity contribution in [2.45, 2.75) is 27.2 Å². The molecular weight excluding hydrogens is 158 g/mol. The predicted octanol–water partition coefficient (Wildman–Crippen LogP) is 4.07. The Labute approximate surface area is 72.3 Å². The lowest BCUT2D eigenvalue weighted by Gasteiger charge is -1.92. The van der Waals surface area contributed by atoms with Gasteiger partial charge < -0.3 is 0 Å². The van der Waals surface area contributed by atoms with E-state index in [9.17, 15) is 8.78 Å². The van der Waals surface area contributed by atoms with Crippen LogP contribution in [0.5, 0.6) is 0 Å². The molecule has 0 aromatic rings. The fourth-order valence-electron chi connectivity index (χ4n) is 0.663. The molecule has 0 amide bonds. The van der Waals surface area contributed by atoms with Gasteiger partial charge >= 0.3 is 0 Å². The number of allylic oxidation sites excluding steroid dienone is 6. The van der Waals surface area contributed by atoms with Gasteiger partial charge in [-0.25, -0.2) is 8.78 Å². The number of halogens is 2. The van der Waals surface area contributed by atoms with Gasteiger partial charge in [0, 0.05) is 6.08 Å². The van der Waals surface area contributed by atoms with Gasteiger partial charge in [-0.05, 0) is 25.8 Å². The van der Waals surface area contributed by atoms with Crippen LogP contribution in [0.3, 0.4) is 0 Å². The van der Waals surface area contributed by atoms with Crippen molar-refractivity contribution in [2.75, 3.05) is 0 Å². The average molecular weight is 172 g/mol. The Morgan fingerprint density at radius 3 is 2.25 bits per heavy atom. The summed E-state index contributed by atoms with van der Waals surface area (Å²) >= 11 is 0. The second-order valence-electron chi connectivity index (χ2n) is 2.57. The molecule has 0 fully saturated rings. The van der Waals surface area contributed by atoms with Gasteiger partial charge in [-0.1, -0.05) is 19.1 Å². The zero-order valence-corrected chi connectivity index (χ0v) is 7.70. The molecule has 0 atom stereocenters. The number of hydrogen-bond acceptors (Lipinski definition) is 0. The van der Waals surface area contributed by atoms with E-state index in [-0.39, 0.29) is 0 Å². The van der Waals surface area contributed by atoms with Crippen molar-refractivity contribution in [2.24, 2.45) is 0 Å². The van der Waals surface area contributed by atoms with Crippen LogP contribution in [0.1, 0.15) is 27.2 Å². The zero-order chi connectivity index (χ0) is 9.56. The minimum absolute atomic E-state index is 0.453. The molecule has 0 unspecified atom stereocenters. The molecule has 0 radical (unpaired) electrons. The highest BCUT2D eigenvalue weighted by Gasteiger charge is 1.94. The van der Waals surface area contributed by atoms with E-state index in [1.54, 1.807) is 13.0 Å². The lowest BCUT2D eigenvalue weighted by atomic mass is 10.2. The minimum atomic E-state index is -0.517. The molecule has 0 bridgehead atoms. The van der Waals surface area contributed by atoms with Crippen LogP contribution in [-0.2, 0) is 0 Å². The molecule has 0 aliphatic heterocycles. The Bertz CT molecular complexity index is 218. The molecule has 68 valence electrons.